The summed E-state index contributed by atoms with van der Waals surface area (Å²) in [7, 11) is 0. The Morgan fingerprint density at radius 2 is 1.89 bits per heavy atom. The van der Waals surface area contributed by atoms with Gasteiger partial charge in [0, 0.05) is 42.1 Å². The fraction of sp³-hybridized carbons (Fsp3) is 0.300. The third-order valence-corrected chi connectivity index (χ3v) is 5.41. The van der Waals surface area contributed by atoms with Gasteiger partial charge in [0.1, 0.15) is 0 Å². The number of carbonyl (C=O) groups is 1. The molecule has 3 heterocycles. The van der Waals surface area contributed by atoms with E-state index in [0.29, 0.717) is 10.8 Å². The Morgan fingerprint density at radius 3 is 2.54 bits per heavy atom. The number of rotatable bonds is 4. The molecule has 0 aliphatic carbocycles. The highest BCUT2D eigenvalue weighted by atomic mass is 35.5. The Morgan fingerprint density at radius 1 is 1.14 bits per heavy atom. The van der Waals surface area contributed by atoms with Crippen LogP contribution in [0.25, 0.3) is 5.82 Å². The summed E-state index contributed by atoms with van der Waals surface area (Å²) in [5, 5.41) is 16.3. The van der Waals surface area contributed by atoms with Crippen LogP contribution in [0.4, 0.5) is 11.5 Å². The second-order valence-corrected chi connectivity index (χ2v) is 7.32. The predicted octanol–water partition coefficient (Wildman–Crippen LogP) is 3.48. The SMILES string of the molecule is Cc1ccc(NC(=O)C2CCN(c3ccc(-n4cccn4)nn3)CC2)cc1Cl. The van der Waals surface area contributed by atoms with E-state index in [1.807, 2.05) is 43.5 Å². The fourth-order valence-corrected chi connectivity index (χ4v) is 3.48. The van der Waals surface area contributed by atoms with Crippen LogP contribution in [-0.2, 0) is 4.79 Å². The molecule has 3 aromatic rings. The van der Waals surface area contributed by atoms with Gasteiger partial charge in [0.2, 0.25) is 5.91 Å². The highest BCUT2D eigenvalue weighted by Crippen LogP contribution is 2.25. The summed E-state index contributed by atoms with van der Waals surface area (Å²) in [6.07, 6.45) is 5.08. The lowest BCUT2D eigenvalue weighted by Crippen LogP contribution is -2.38. The van der Waals surface area contributed by atoms with E-state index in [-0.39, 0.29) is 11.8 Å². The maximum absolute atomic E-state index is 12.6. The van der Waals surface area contributed by atoms with Crippen molar-refractivity contribution in [3.63, 3.8) is 0 Å². The number of halogens is 1. The van der Waals surface area contributed by atoms with Crippen molar-refractivity contribution in [2.24, 2.45) is 5.92 Å². The summed E-state index contributed by atoms with van der Waals surface area (Å²) in [4.78, 5) is 14.7. The van der Waals surface area contributed by atoms with Gasteiger partial charge in [0.25, 0.3) is 0 Å². The number of nitrogens with one attached hydrogen (secondary N) is 1. The molecule has 4 rings (SSSR count). The second kappa shape index (κ2) is 7.98. The zero-order chi connectivity index (χ0) is 19.5. The third kappa shape index (κ3) is 3.99. The van der Waals surface area contributed by atoms with E-state index in [1.54, 1.807) is 16.9 Å². The summed E-state index contributed by atoms with van der Waals surface area (Å²) in [6.45, 7) is 3.47. The Balaban J connectivity index is 1.33. The first-order valence-electron chi connectivity index (χ1n) is 9.26. The summed E-state index contributed by atoms with van der Waals surface area (Å²) in [6, 6.07) is 11.3. The van der Waals surface area contributed by atoms with Crippen molar-refractivity contribution in [2.75, 3.05) is 23.3 Å². The third-order valence-electron chi connectivity index (χ3n) is 5.00. The van der Waals surface area contributed by atoms with Crippen molar-refractivity contribution in [3.8, 4) is 5.82 Å². The zero-order valence-corrected chi connectivity index (χ0v) is 16.3. The molecule has 1 aliphatic heterocycles. The van der Waals surface area contributed by atoms with Gasteiger partial charge in [-0.25, -0.2) is 4.68 Å². The molecule has 7 nitrogen and oxygen atoms in total. The summed E-state index contributed by atoms with van der Waals surface area (Å²) in [5.74, 6) is 1.52. The molecule has 1 aliphatic rings. The van der Waals surface area contributed by atoms with Crippen LogP contribution in [0.1, 0.15) is 18.4 Å². The molecule has 1 N–H and O–H groups in total. The smallest absolute Gasteiger partial charge is 0.227 e. The molecule has 8 heteroatoms. The molecular weight excluding hydrogens is 376 g/mol. The number of anilines is 2. The highest BCUT2D eigenvalue weighted by molar-refractivity contribution is 6.31. The number of hydrogen-bond acceptors (Lipinski definition) is 5. The molecule has 1 aromatic carbocycles. The van der Waals surface area contributed by atoms with Gasteiger partial charge in [0.05, 0.1) is 0 Å². The standard InChI is InChI=1S/C20H21ClN6O/c1-14-3-4-16(13-17(14)21)23-20(28)15-7-11-26(12-8-15)18-5-6-19(25-24-18)27-10-2-9-22-27/h2-6,9-10,13,15H,7-8,11-12H2,1H3,(H,23,28). The van der Waals surface area contributed by atoms with Gasteiger partial charge in [-0.05, 0) is 55.7 Å². The molecule has 2 aromatic heterocycles. The van der Waals surface area contributed by atoms with Gasteiger partial charge in [0.15, 0.2) is 11.6 Å². The summed E-state index contributed by atoms with van der Waals surface area (Å²) >= 11 is 6.14. The van der Waals surface area contributed by atoms with Crippen LogP contribution in [-0.4, -0.2) is 39.0 Å². The zero-order valence-electron chi connectivity index (χ0n) is 15.5. The number of nitrogens with zero attached hydrogens (tertiary/aromatic N) is 5. The lowest BCUT2D eigenvalue weighted by molar-refractivity contribution is -0.120. The summed E-state index contributed by atoms with van der Waals surface area (Å²) in [5.41, 5.74) is 1.73. The Labute approximate surface area is 168 Å². The molecule has 1 saturated heterocycles. The van der Waals surface area contributed by atoms with Crippen molar-refractivity contribution in [1.29, 1.82) is 0 Å². The van der Waals surface area contributed by atoms with Crippen LogP contribution in [0.2, 0.25) is 5.02 Å². The number of piperidine rings is 1. The largest absolute Gasteiger partial charge is 0.355 e. The molecule has 0 spiro atoms. The van der Waals surface area contributed by atoms with E-state index in [4.69, 9.17) is 11.6 Å². The topological polar surface area (TPSA) is 75.9 Å². The van der Waals surface area contributed by atoms with Crippen LogP contribution in [0.5, 0.6) is 0 Å². The van der Waals surface area contributed by atoms with Crippen LogP contribution >= 0.6 is 11.6 Å². The van der Waals surface area contributed by atoms with E-state index in [9.17, 15) is 4.79 Å². The van der Waals surface area contributed by atoms with Crippen molar-refractivity contribution in [3.05, 3.63) is 59.4 Å². The number of amides is 1. The molecule has 0 bridgehead atoms. The number of aryl methyl sites for hydroxylation is 1. The summed E-state index contributed by atoms with van der Waals surface area (Å²) < 4.78 is 1.67. The van der Waals surface area contributed by atoms with Gasteiger partial charge in [-0.3, -0.25) is 4.79 Å². The predicted molar refractivity (Wildman–Crippen MR) is 109 cm³/mol. The number of carbonyl (C=O) groups excluding carboxylic acids is 1. The quantitative estimate of drug-likeness (QED) is 0.730. The van der Waals surface area contributed by atoms with Crippen molar-refractivity contribution in [2.45, 2.75) is 19.8 Å². The molecule has 0 unspecified atom stereocenters. The number of benzene rings is 1. The van der Waals surface area contributed by atoms with Gasteiger partial charge in [-0.1, -0.05) is 17.7 Å². The van der Waals surface area contributed by atoms with Gasteiger partial charge in [-0.2, -0.15) is 5.10 Å². The minimum absolute atomic E-state index is 0.0207. The average molecular weight is 397 g/mol. The molecule has 1 fully saturated rings. The first kappa shape index (κ1) is 18.4. The molecule has 0 radical (unpaired) electrons. The second-order valence-electron chi connectivity index (χ2n) is 6.91. The minimum atomic E-state index is -0.0207. The van der Waals surface area contributed by atoms with Gasteiger partial charge in [-0.15, -0.1) is 10.2 Å². The first-order chi connectivity index (χ1) is 13.6. The maximum atomic E-state index is 12.6. The Kier molecular flexibility index (Phi) is 5.25. The fourth-order valence-electron chi connectivity index (χ4n) is 3.30. The Bertz CT molecular complexity index is 949. The molecular formula is C20H21ClN6O. The van der Waals surface area contributed by atoms with Crippen LogP contribution in [0.15, 0.2) is 48.8 Å². The van der Waals surface area contributed by atoms with E-state index in [2.05, 4.69) is 25.5 Å². The normalized spacial score (nSPS) is 14.9. The van der Waals surface area contributed by atoms with Gasteiger partial charge < -0.3 is 10.2 Å². The molecule has 0 atom stereocenters. The van der Waals surface area contributed by atoms with E-state index in [0.717, 1.165) is 43.0 Å². The van der Waals surface area contributed by atoms with Crippen molar-refractivity contribution < 1.29 is 4.79 Å². The van der Waals surface area contributed by atoms with Crippen molar-refractivity contribution in [1.82, 2.24) is 20.0 Å². The number of aromatic nitrogens is 4. The maximum Gasteiger partial charge on any atom is 0.227 e. The monoisotopic (exact) mass is 396 g/mol. The number of hydrogen-bond donors (Lipinski definition) is 1. The van der Waals surface area contributed by atoms with E-state index < -0.39 is 0 Å². The van der Waals surface area contributed by atoms with Crippen LogP contribution in [0, 0.1) is 12.8 Å². The molecule has 0 saturated carbocycles. The lowest BCUT2D eigenvalue weighted by atomic mass is 9.95. The van der Waals surface area contributed by atoms with Crippen LogP contribution < -0.4 is 10.2 Å². The molecule has 28 heavy (non-hydrogen) atoms. The average Bonchev–Trinajstić information content (AvgIpc) is 3.26. The van der Waals surface area contributed by atoms with E-state index in [1.165, 1.54) is 0 Å². The Hall–Kier alpha value is -2.93. The van der Waals surface area contributed by atoms with Crippen molar-refractivity contribution >= 4 is 29.0 Å². The highest BCUT2D eigenvalue weighted by Gasteiger charge is 2.26. The first-order valence-corrected chi connectivity index (χ1v) is 9.63. The minimum Gasteiger partial charge on any atom is -0.355 e. The van der Waals surface area contributed by atoms with Crippen LogP contribution in [0.3, 0.4) is 0 Å². The lowest BCUT2D eigenvalue weighted by Gasteiger charge is -2.31. The van der Waals surface area contributed by atoms with Gasteiger partial charge >= 0.3 is 0 Å². The molecule has 144 valence electrons. The van der Waals surface area contributed by atoms with E-state index >= 15 is 0 Å². The molecule has 1 amide bonds.